The molecule has 154 valence electrons. The molecule has 4 rings (SSSR count). The first-order chi connectivity index (χ1) is 14.7. The lowest BCUT2D eigenvalue weighted by atomic mass is 10.1. The van der Waals surface area contributed by atoms with Gasteiger partial charge in [0, 0.05) is 36.5 Å². The van der Waals surface area contributed by atoms with Crippen molar-refractivity contribution in [2.75, 3.05) is 6.61 Å². The van der Waals surface area contributed by atoms with Crippen molar-refractivity contribution in [2.45, 2.75) is 25.8 Å². The largest absolute Gasteiger partial charge is 0.508 e. The SMILES string of the molecule is O=c1[nH][nH]c(=CCc2ccc(O)cc2)c1=Cc1cn(CCCCO)c2ncccc12. The van der Waals surface area contributed by atoms with Gasteiger partial charge in [-0.3, -0.25) is 15.0 Å². The Hall–Kier alpha value is -3.58. The summed E-state index contributed by atoms with van der Waals surface area (Å²) >= 11 is 0. The number of rotatable bonds is 7. The minimum Gasteiger partial charge on any atom is -0.508 e. The van der Waals surface area contributed by atoms with Crippen LogP contribution in [-0.2, 0) is 13.0 Å². The highest BCUT2D eigenvalue weighted by molar-refractivity contribution is 5.86. The summed E-state index contributed by atoms with van der Waals surface area (Å²) in [6.45, 7) is 0.926. The number of fused-ring (bicyclic) bond motifs is 1. The normalized spacial score (nSPS) is 12.8. The number of benzene rings is 1. The second-order valence-electron chi connectivity index (χ2n) is 7.21. The zero-order valence-electron chi connectivity index (χ0n) is 16.5. The number of hydrogen-bond acceptors (Lipinski definition) is 4. The van der Waals surface area contributed by atoms with Gasteiger partial charge in [-0.2, -0.15) is 0 Å². The quantitative estimate of drug-likeness (QED) is 0.349. The zero-order valence-corrected chi connectivity index (χ0v) is 16.5. The first-order valence-electron chi connectivity index (χ1n) is 9.97. The number of nitrogens with one attached hydrogen (secondary N) is 2. The molecule has 30 heavy (non-hydrogen) atoms. The van der Waals surface area contributed by atoms with E-state index in [-0.39, 0.29) is 17.9 Å². The van der Waals surface area contributed by atoms with Gasteiger partial charge in [-0.25, -0.2) is 4.98 Å². The lowest BCUT2D eigenvalue weighted by molar-refractivity contribution is 0.281. The first-order valence-corrected chi connectivity index (χ1v) is 9.97. The highest BCUT2D eigenvalue weighted by Gasteiger charge is 2.08. The Morgan fingerprint density at radius 3 is 2.73 bits per heavy atom. The number of H-pyrrole nitrogens is 2. The van der Waals surface area contributed by atoms with Crippen LogP contribution in [0.3, 0.4) is 0 Å². The summed E-state index contributed by atoms with van der Waals surface area (Å²) in [4.78, 5) is 16.9. The minimum atomic E-state index is -0.183. The van der Waals surface area contributed by atoms with Crippen molar-refractivity contribution in [3.63, 3.8) is 0 Å². The molecule has 3 aromatic heterocycles. The molecule has 3 heterocycles. The summed E-state index contributed by atoms with van der Waals surface area (Å²) in [5.74, 6) is 0.229. The van der Waals surface area contributed by atoms with E-state index in [1.54, 1.807) is 18.3 Å². The molecule has 0 atom stereocenters. The van der Waals surface area contributed by atoms with E-state index in [0.717, 1.165) is 46.9 Å². The molecule has 0 aliphatic heterocycles. The summed E-state index contributed by atoms with van der Waals surface area (Å²) in [6, 6.07) is 10.9. The average Bonchev–Trinajstić information content (AvgIpc) is 3.29. The molecule has 0 saturated heterocycles. The standard InChI is InChI=1S/C23H24N4O3/c28-13-2-1-12-27-15-17(19-4-3-11-24-22(19)27)14-20-21(25-26-23(20)30)10-7-16-5-8-18(29)9-6-16/h3-6,8-11,14-15,25,28-29H,1-2,7,12-13H2,(H,26,30). The van der Waals surface area contributed by atoms with E-state index in [1.807, 2.05) is 42.6 Å². The number of nitrogens with zero attached hydrogens (tertiary/aromatic N) is 2. The molecule has 0 aliphatic rings. The highest BCUT2D eigenvalue weighted by Crippen LogP contribution is 2.20. The van der Waals surface area contributed by atoms with Gasteiger partial charge in [-0.05, 0) is 55.2 Å². The second kappa shape index (κ2) is 8.84. The topological polar surface area (TPSA) is 107 Å². The number of aromatic nitrogens is 4. The van der Waals surface area contributed by atoms with Crippen LogP contribution in [0.5, 0.6) is 5.75 Å². The molecule has 1 aromatic carbocycles. The molecule has 0 spiro atoms. The number of aryl methyl sites for hydroxylation is 1. The van der Waals surface area contributed by atoms with E-state index in [2.05, 4.69) is 19.7 Å². The van der Waals surface area contributed by atoms with Crippen molar-refractivity contribution in [1.29, 1.82) is 0 Å². The summed E-state index contributed by atoms with van der Waals surface area (Å²) in [6.07, 6.45) is 9.81. The molecule has 4 N–H and O–H groups in total. The molecule has 0 radical (unpaired) electrons. The summed E-state index contributed by atoms with van der Waals surface area (Å²) in [5, 5.41) is 26.4. The van der Waals surface area contributed by atoms with Crippen molar-refractivity contribution in [2.24, 2.45) is 0 Å². The van der Waals surface area contributed by atoms with Gasteiger partial charge in [-0.15, -0.1) is 0 Å². The Morgan fingerprint density at radius 1 is 1.10 bits per heavy atom. The van der Waals surface area contributed by atoms with E-state index in [9.17, 15) is 9.90 Å². The Bertz CT molecular complexity index is 1310. The van der Waals surface area contributed by atoms with Crippen molar-refractivity contribution < 1.29 is 10.2 Å². The number of hydrogen-bond donors (Lipinski definition) is 4. The van der Waals surface area contributed by atoms with Crippen LogP contribution in [0, 0.1) is 0 Å². The van der Waals surface area contributed by atoms with Crippen LogP contribution in [0.4, 0.5) is 0 Å². The van der Waals surface area contributed by atoms with Crippen molar-refractivity contribution in [3.8, 4) is 5.75 Å². The molecular weight excluding hydrogens is 380 g/mol. The summed E-state index contributed by atoms with van der Waals surface area (Å²) in [7, 11) is 0. The molecule has 0 saturated carbocycles. The second-order valence-corrected chi connectivity index (χ2v) is 7.21. The smallest absolute Gasteiger partial charge is 0.271 e. The third kappa shape index (κ3) is 4.21. The third-order valence-electron chi connectivity index (χ3n) is 5.10. The Labute approximate surface area is 172 Å². The van der Waals surface area contributed by atoms with Crippen LogP contribution in [0.2, 0.25) is 0 Å². The molecule has 0 aliphatic carbocycles. The molecule has 4 aromatic rings. The Balaban J connectivity index is 1.74. The Kier molecular flexibility index (Phi) is 5.81. The maximum Gasteiger partial charge on any atom is 0.271 e. The van der Waals surface area contributed by atoms with Gasteiger partial charge in [0.1, 0.15) is 11.4 Å². The van der Waals surface area contributed by atoms with Gasteiger partial charge in [0.15, 0.2) is 0 Å². The molecule has 0 bridgehead atoms. The fraction of sp³-hybridized carbons (Fsp3) is 0.217. The van der Waals surface area contributed by atoms with Crippen LogP contribution in [-0.4, -0.2) is 36.6 Å². The predicted molar refractivity (Wildman–Crippen MR) is 117 cm³/mol. The number of pyridine rings is 1. The summed E-state index contributed by atoms with van der Waals surface area (Å²) in [5.41, 5.74) is 2.64. The fourth-order valence-corrected chi connectivity index (χ4v) is 3.52. The lowest BCUT2D eigenvalue weighted by Crippen LogP contribution is -2.33. The molecule has 0 unspecified atom stereocenters. The van der Waals surface area contributed by atoms with Gasteiger partial charge in [-0.1, -0.05) is 18.2 Å². The van der Waals surface area contributed by atoms with E-state index in [4.69, 9.17) is 5.11 Å². The number of phenolic OH excluding ortho intramolecular Hbond substituents is 1. The maximum absolute atomic E-state index is 12.4. The van der Waals surface area contributed by atoms with Crippen molar-refractivity contribution >= 4 is 23.2 Å². The molecule has 0 amide bonds. The first kappa shape index (κ1) is 19.7. The number of phenols is 1. The monoisotopic (exact) mass is 404 g/mol. The van der Waals surface area contributed by atoms with Gasteiger partial charge in [0.2, 0.25) is 0 Å². The van der Waals surface area contributed by atoms with E-state index in [1.165, 1.54) is 0 Å². The molecular formula is C23H24N4O3. The van der Waals surface area contributed by atoms with Crippen molar-refractivity contribution in [1.82, 2.24) is 19.7 Å². The van der Waals surface area contributed by atoms with Gasteiger partial charge < -0.3 is 14.8 Å². The lowest BCUT2D eigenvalue weighted by Gasteiger charge is -2.02. The van der Waals surface area contributed by atoms with E-state index < -0.39 is 0 Å². The van der Waals surface area contributed by atoms with Gasteiger partial charge >= 0.3 is 0 Å². The van der Waals surface area contributed by atoms with Crippen LogP contribution in [0.15, 0.2) is 53.6 Å². The number of aromatic amines is 2. The van der Waals surface area contributed by atoms with Gasteiger partial charge in [0.05, 0.1) is 10.6 Å². The van der Waals surface area contributed by atoms with Crippen LogP contribution in [0.1, 0.15) is 24.0 Å². The average molecular weight is 404 g/mol. The van der Waals surface area contributed by atoms with E-state index in [0.29, 0.717) is 11.6 Å². The number of aliphatic hydroxyl groups excluding tert-OH is 1. The number of aromatic hydroxyl groups is 1. The third-order valence-corrected chi connectivity index (χ3v) is 5.10. The number of aliphatic hydroxyl groups is 1. The maximum atomic E-state index is 12.4. The van der Waals surface area contributed by atoms with Crippen LogP contribution < -0.4 is 16.1 Å². The minimum absolute atomic E-state index is 0.171. The van der Waals surface area contributed by atoms with E-state index >= 15 is 0 Å². The van der Waals surface area contributed by atoms with Crippen LogP contribution >= 0.6 is 0 Å². The Morgan fingerprint density at radius 2 is 1.93 bits per heavy atom. The van der Waals surface area contributed by atoms with Gasteiger partial charge in [0.25, 0.3) is 5.56 Å². The number of unbranched alkanes of at least 4 members (excludes halogenated alkanes) is 1. The fourth-order valence-electron chi connectivity index (χ4n) is 3.52. The molecule has 7 heteroatoms. The molecule has 7 nitrogen and oxygen atoms in total. The zero-order chi connectivity index (χ0) is 20.9. The molecule has 0 fully saturated rings. The van der Waals surface area contributed by atoms with Crippen LogP contribution in [0.25, 0.3) is 23.2 Å². The predicted octanol–water partition coefficient (Wildman–Crippen LogP) is 1.38. The summed E-state index contributed by atoms with van der Waals surface area (Å²) < 4.78 is 2.07. The highest BCUT2D eigenvalue weighted by atomic mass is 16.3. The van der Waals surface area contributed by atoms with Crippen molar-refractivity contribution in [3.05, 3.63) is 80.8 Å².